The highest BCUT2D eigenvalue weighted by Crippen LogP contribution is 2.26. The van der Waals surface area contributed by atoms with E-state index in [9.17, 15) is 4.39 Å². The molecule has 3 heteroatoms. The van der Waals surface area contributed by atoms with Gasteiger partial charge in [-0.2, -0.15) is 0 Å². The van der Waals surface area contributed by atoms with Crippen LogP contribution in [-0.4, -0.2) is 11.6 Å². The minimum Gasteiger partial charge on any atom is -0.494 e. The molecule has 0 amide bonds. The molecule has 2 aromatic carbocycles. The van der Waals surface area contributed by atoms with Crippen LogP contribution in [0.1, 0.15) is 64.4 Å². The van der Waals surface area contributed by atoms with E-state index in [4.69, 9.17) is 4.74 Å². The first-order valence-electron chi connectivity index (χ1n) is 11.7. The molecule has 0 radical (unpaired) electrons. The van der Waals surface area contributed by atoms with Gasteiger partial charge in [0.1, 0.15) is 11.6 Å². The molecule has 164 valence electrons. The van der Waals surface area contributed by atoms with Gasteiger partial charge in [-0.05, 0) is 54.3 Å². The molecule has 2 nitrogen and oxygen atoms in total. The lowest BCUT2D eigenvalue weighted by Crippen LogP contribution is -1.97. The monoisotopic (exact) mass is 419 g/mol. The fourth-order valence-electron chi connectivity index (χ4n) is 3.75. The van der Waals surface area contributed by atoms with Crippen molar-refractivity contribution in [3.63, 3.8) is 0 Å². The van der Waals surface area contributed by atoms with Crippen molar-refractivity contribution in [2.24, 2.45) is 0 Å². The van der Waals surface area contributed by atoms with Gasteiger partial charge in [0.05, 0.1) is 12.3 Å². The third kappa shape index (κ3) is 6.92. The van der Waals surface area contributed by atoms with Crippen LogP contribution in [0.4, 0.5) is 4.39 Å². The number of hydrogen-bond acceptors (Lipinski definition) is 2. The van der Waals surface area contributed by atoms with E-state index in [-0.39, 0.29) is 5.82 Å². The Bertz CT molecular complexity index is 919. The Morgan fingerprint density at radius 1 is 0.774 bits per heavy atom. The highest BCUT2D eigenvalue weighted by atomic mass is 19.1. The Kier molecular flexibility index (Phi) is 9.08. The predicted octanol–water partition coefficient (Wildman–Crippen LogP) is 8.25. The van der Waals surface area contributed by atoms with Crippen LogP contribution < -0.4 is 4.74 Å². The smallest absolute Gasteiger partial charge is 0.132 e. The van der Waals surface area contributed by atoms with Gasteiger partial charge in [-0.3, -0.25) is 4.98 Å². The molecule has 31 heavy (non-hydrogen) atoms. The number of halogens is 1. The lowest BCUT2D eigenvalue weighted by atomic mass is 10.0. The van der Waals surface area contributed by atoms with E-state index >= 15 is 0 Å². The molecule has 0 spiro atoms. The van der Waals surface area contributed by atoms with Crippen LogP contribution in [0, 0.1) is 5.82 Å². The summed E-state index contributed by atoms with van der Waals surface area (Å²) in [6.45, 7) is 5.10. The Labute approximate surface area is 186 Å². The second-order valence-corrected chi connectivity index (χ2v) is 8.14. The van der Waals surface area contributed by atoms with Crippen LogP contribution in [0.5, 0.6) is 5.75 Å². The van der Waals surface area contributed by atoms with E-state index in [0.29, 0.717) is 11.3 Å². The van der Waals surface area contributed by atoms with Crippen molar-refractivity contribution in [1.29, 1.82) is 0 Å². The average molecular weight is 420 g/mol. The number of aryl methyl sites for hydroxylation is 1. The summed E-state index contributed by atoms with van der Waals surface area (Å²) in [5.74, 6) is 0.689. The number of benzene rings is 2. The minimum atomic E-state index is -0.210. The molecule has 0 N–H and O–H groups in total. The van der Waals surface area contributed by atoms with Crippen molar-refractivity contribution in [3.8, 4) is 28.1 Å². The summed E-state index contributed by atoms with van der Waals surface area (Å²) in [5, 5.41) is 0. The van der Waals surface area contributed by atoms with Crippen molar-refractivity contribution in [2.45, 2.75) is 65.2 Å². The molecule has 3 rings (SSSR count). The highest BCUT2D eigenvalue weighted by molar-refractivity contribution is 5.67. The molecule has 0 saturated carbocycles. The van der Waals surface area contributed by atoms with Gasteiger partial charge in [0.15, 0.2) is 0 Å². The van der Waals surface area contributed by atoms with Crippen molar-refractivity contribution >= 4 is 0 Å². The largest absolute Gasteiger partial charge is 0.494 e. The number of pyridine rings is 1. The molecule has 1 heterocycles. The molecule has 0 aliphatic carbocycles. The highest BCUT2D eigenvalue weighted by Gasteiger charge is 2.08. The number of aromatic nitrogens is 1. The molecule has 0 saturated heterocycles. The summed E-state index contributed by atoms with van der Waals surface area (Å²) < 4.78 is 20.3. The van der Waals surface area contributed by atoms with Crippen molar-refractivity contribution in [1.82, 2.24) is 4.98 Å². The lowest BCUT2D eigenvalue weighted by Gasteiger charge is -2.09. The number of unbranched alkanes of at least 4 members (excludes halogenated alkanes) is 5. The maximum atomic E-state index is 14.5. The number of rotatable bonds is 12. The van der Waals surface area contributed by atoms with E-state index in [1.54, 1.807) is 12.3 Å². The molecular weight excluding hydrogens is 385 g/mol. The third-order valence-electron chi connectivity index (χ3n) is 5.57. The van der Waals surface area contributed by atoms with Crippen LogP contribution in [0.15, 0.2) is 60.8 Å². The van der Waals surface area contributed by atoms with Gasteiger partial charge < -0.3 is 4.74 Å². The maximum Gasteiger partial charge on any atom is 0.132 e. The van der Waals surface area contributed by atoms with Crippen LogP contribution >= 0.6 is 0 Å². The van der Waals surface area contributed by atoms with Gasteiger partial charge in [-0.1, -0.05) is 76.6 Å². The van der Waals surface area contributed by atoms with Gasteiger partial charge in [0.2, 0.25) is 0 Å². The summed E-state index contributed by atoms with van der Waals surface area (Å²) in [7, 11) is 0. The first kappa shape index (κ1) is 23.0. The van der Waals surface area contributed by atoms with Gasteiger partial charge >= 0.3 is 0 Å². The fraction of sp³-hybridized carbons (Fsp3) is 0.393. The zero-order valence-corrected chi connectivity index (χ0v) is 18.9. The lowest BCUT2D eigenvalue weighted by molar-refractivity contribution is 0.304. The SMILES string of the molecule is CCCCCCCCOc1ccc(-c2ccc(-c3ccc(CCC)cc3F)nc2)cc1. The Morgan fingerprint density at radius 2 is 1.52 bits per heavy atom. The zero-order chi connectivity index (χ0) is 21.9. The van der Waals surface area contributed by atoms with Crippen LogP contribution in [-0.2, 0) is 6.42 Å². The molecule has 0 fully saturated rings. The van der Waals surface area contributed by atoms with Gasteiger partial charge in [-0.15, -0.1) is 0 Å². The molecule has 3 aromatic rings. The summed E-state index contributed by atoms with van der Waals surface area (Å²) in [5.41, 5.74) is 4.31. The van der Waals surface area contributed by atoms with Crippen LogP contribution in [0.25, 0.3) is 22.4 Å². The number of nitrogens with zero attached hydrogens (tertiary/aromatic N) is 1. The number of ether oxygens (including phenoxy) is 1. The van der Waals surface area contributed by atoms with Gasteiger partial charge in [0.25, 0.3) is 0 Å². The Balaban J connectivity index is 1.55. The molecule has 0 bridgehead atoms. The topological polar surface area (TPSA) is 22.1 Å². The normalized spacial score (nSPS) is 10.9. The van der Waals surface area contributed by atoms with Crippen molar-refractivity contribution in [2.75, 3.05) is 6.61 Å². The fourth-order valence-corrected chi connectivity index (χ4v) is 3.75. The van der Waals surface area contributed by atoms with E-state index in [1.807, 2.05) is 48.5 Å². The average Bonchev–Trinajstić information content (AvgIpc) is 2.79. The molecule has 0 aliphatic heterocycles. The van der Waals surface area contributed by atoms with E-state index in [0.717, 1.165) is 48.3 Å². The molecule has 1 aromatic heterocycles. The molecule has 0 unspecified atom stereocenters. The van der Waals surface area contributed by atoms with Crippen LogP contribution in [0.2, 0.25) is 0 Å². The maximum absolute atomic E-state index is 14.5. The first-order chi connectivity index (χ1) is 15.2. The van der Waals surface area contributed by atoms with E-state index < -0.39 is 0 Å². The van der Waals surface area contributed by atoms with Crippen LogP contribution in [0.3, 0.4) is 0 Å². The quantitative estimate of drug-likeness (QED) is 0.276. The first-order valence-corrected chi connectivity index (χ1v) is 11.7. The molecule has 0 aliphatic rings. The third-order valence-corrected chi connectivity index (χ3v) is 5.57. The van der Waals surface area contributed by atoms with E-state index in [2.05, 4.69) is 18.8 Å². The van der Waals surface area contributed by atoms with Crippen molar-refractivity contribution in [3.05, 3.63) is 72.2 Å². The predicted molar refractivity (Wildman–Crippen MR) is 128 cm³/mol. The van der Waals surface area contributed by atoms with Gasteiger partial charge in [-0.25, -0.2) is 4.39 Å². The van der Waals surface area contributed by atoms with E-state index in [1.165, 1.54) is 32.1 Å². The Morgan fingerprint density at radius 3 is 2.19 bits per heavy atom. The Hall–Kier alpha value is -2.68. The standard InChI is InChI=1S/C28H34FNO/c1-3-5-6-7-8-9-19-31-25-15-12-23(13-16-25)24-14-18-28(30-21-24)26-17-11-22(10-4-2)20-27(26)29/h11-18,20-21H,3-10,19H2,1-2H3. The molecular formula is C28H34FNO. The summed E-state index contributed by atoms with van der Waals surface area (Å²) in [6.07, 6.45) is 11.3. The molecule has 0 atom stereocenters. The zero-order valence-electron chi connectivity index (χ0n) is 18.9. The minimum absolute atomic E-state index is 0.210. The van der Waals surface area contributed by atoms with Gasteiger partial charge in [0, 0.05) is 17.3 Å². The summed E-state index contributed by atoms with van der Waals surface area (Å²) in [4.78, 5) is 4.50. The second-order valence-electron chi connectivity index (χ2n) is 8.14. The summed E-state index contributed by atoms with van der Waals surface area (Å²) >= 11 is 0. The van der Waals surface area contributed by atoms with Crippen molar-refractivity contribution < 1.29 is 9.13 Å². The second kappa shape index (κ2) is 12.2. The summed E-state index contributed by atoms with van der Waals surface area (Å²) in [6, 6.07) is 17.4. The number of hydrogen-bond donors (Lipinski definition) is 0.